The number of benzene rings is 2. The molecule has 3 rings (SSSR count). The highest BCUT2D eigenvalue weighted by molar-refractivity contribution is 7.88. The summed E-state index contributed by atoms with van der Waals surface area (Å²) in [5, 5.41) is 12.7. The Balaban J connectivity index is 1.68. The van der Waals surface area contributed by atoms with Crippen molar-refractivity contribution in [1.29, 1.82) is 0 Å². The molecule has 1 aromatic heterocycles. The zero-order valence-electron chi connectivity index (χ0n) is 18.1. The minimum atomic E-state index is -3.33. The van der Waals surface area contributed by atoms with Crippen LogP contribution in [0, 0.1) is 0 Å². The molecule has 0 aliphatic heterocycles. The van der Waals surface area contributed by atoms with Crippen LogP contribution in [0.3, 0.4) is 0 Å². The molecule has 0 aliphatic carbocycles. The SMILES string of the molecule is CS(=O)(=O)N(CCCN)Cc1cccc(-c2cc(NCCc3ccc(O)cc3)ncn2)c1. The fraction of sp³-hybridized carbons (Fsp3) is 0.304. The molecule has 0 amide bonds. The van der Waals surface area contributed by atoms with Crippen LogP contribution in [0.2, 0.25) is 0 Å². The first-order valence-electron chi connectivity index (χ1n) is 10.4. The van der Waals surface area contributed by atoms with E-state index in [9.17, 15) is 13.5 Å². The third-order valence-corrected chi connectivity index (χ3v) is 6.24. The number of sulfonamides is 1. The highest BCUT2D eigenvalue weighted by atomic mass is 32.2. The number of anilines is 1. The zero-order valence-corrected chi connectivity index (χ0v) is 18.9. The smallest absolute Gasteiger partial charge is 0.211 e. The molecule has 0 atom stereocenters. The lowest BCUT2D eigenvalue weighted by molar-refractivity contribution is 0.405. The number of phenolic OH excluding ortho intramolecular Hbond substituents is 1. The van der Waals surface area contributed by atoms with E-state index >= 15 is 0 Å². The molecule has 0 saturated heterocycles. The third kappa shape index (κ3) is 7.01. The summed E-state index contributed by atoms with van der Waals surface area (Å²) >= 11 is 0. The van der Waals surface area contributed by atoms with Gasteiger partial charge in [-0.2, -0.15) is 4.31 Å². The minimum Gasteiger partial charge on any atom is -0.508 e. The number of nitrogens with zero attached hydrogens (tertiary/aromatic N) is 3. The number of phenols is 1. The van der Waals surface area contributed by atoms with Gasteiger partial charge in [-0.3, -0.25) is 0 Å². The van der Waals surface area contributed by atoms with E-state index in [2.05, 4.69) is 15.3 Å². The van der Waals surface area contributed by atoms with E-state index < -0.39 is 10.0 Å². The number of hydrogen-bond donors (Lipinski definition) is 3. The molecule has 170 valence electrons. The van der Waals surface area contributed by atoms with Crippen LogP contribution in [-0.4, -0.2) is 53.7 Å². The molecule has 0 spiro atoms. The lowest BCUT2D eigenvalue weighted by atomic mass is 10.1. The second-order valence-electron chi connectivity index (χ2n) is 7.57. The van der Waals surface area contributed by atoms with Gasteiger partial charge in [-0.25, -0.2) is 18.4 Å². The second-order valence-corrected chi connectivity index (χ2v) is 9.55. The van der Waals surface area contributed by atoms with Gasteiger partial charge in [0.15, 0.2) is 0 Å². The Hall–Kier alpha value is -3.01. The number of rotatable bonds is 11. The molecule has 9 heteroatoms. The summed E-state index contributed by atoms with van der Waals surface area (Å²) in [5.74, 6) is 0.961. The molecular weight excluding hydrogens is 426 g/mol. The first-order chi connectivity index (χ1) is 15.3. The second kappa shape index (κ2) is 11.0. The number of aromatic hydroxyl groups is 1. The van der Waals surface area contributed by atoms with Crippen LogP contribution in [0.4, 0.5) is 5.82 Å². The maximum absolute atomic E-state index is 12.1. The van der Waals surface area contributed by atoms with Gasteiger partial charge in [-0.1, -0.05) is 30.3 Å². The van der Waals surface area contributed by atoms with Crippen molar-refractivity contribution in [3.63, 3.8) is 0 Å². The summed E-state index contributed by atoms with van der Waals surface area (Å²) in [6.07, 6.45) is 4.12. The first-order valence-corrected chi connectivity index (χ1v) is 12.3. The summed E-state index contributed by atoms with van der Waals surface area (Å²) in [7, 11) is -3.33. The van der Waals surface area contributed by atoms with Crippen LogP contribution >= 0.6 is 0 Å². The Morgan fingerprint density at radius 1 is 1.06 bits per heavy atom. The fourth-order valence-electron chi connectivity index (χ4n) is 3.27. The van der Waals surface area contributed by atoms with E-state index in [1.54, 1.807) is 12.1 Å². The molecule has 8 nitrogen and oxygen atoms in total. The topological polar surface area (TPSA) is 121 Å². The molecule has 1 heterocycles. The van der Waals surface area contributed by atoms with Crippen LogP contribution in [0.25, 0.3) is 11.3 Å². The third-order valence-electron chi connectivity index (χ3n) is 4.99. The molecular formula is C23H29N5O3S. The van der Waals surface area contributed by atoms with Gasteiger partial charge in [-0.05, 0) is 48.7 Å². The molecule has 3 aromatic rings. The number of nitrogens with two attached hydrogens (primary N) is 1. The summed E-state index contributed by atoms with van der Waals surface area (Å²) in [5.41, 5.74) is 9.18. The quantitative estimate of drug-likeness (QED) is 0.406. The van der Waals surface area contributed by atoms with Crippen molar-refractivity contribution in [2.24, 2.45) is 5.73 Å². The molecule has 0 saturated carbocycles. The monoisotopic (exact) mass is 455 g/mol. The van der Waals surface area contributed by atoms with Crippen molar-refractivity contribution in [1.82, 2.24) is 14.3 Å². The standard InChI is InChI=1S/C23H29N5O3S/c1-32(30,31)28(13-3-11-24)16-19-4-2-5-20(14-19)22-15-23(27-17-26-22)25-12-10-18-6-8-21(29)9-7-18/h2,4-9,14-15,17,29H,3,10-13,16,24H2,1H3,(H,25,26,27). The molecule has 4 N–H and O–H groups in total. The van der Waals surface area contributed by atoms with Crippen molar-refractivity contribution in [3.8, 4) is 17.0 Å². The fourth-order valence-corrected chi connectivity index (χ4v) is 4.12. The Morgan fingerprint density at radius 2 is 1.84 bits per heavy atom. The highest BCUT2D eigenvalue weighted by Gasteiger charge is 2.16. The van der Waals surface area contributed by atoms with Crippen molar-refractivity contribution >= 4 is 15.8 Å². The molecule has 0 aliphatic rings. The van der Waals surface area contributed by atoms with E-state index in [1.807, 2.05) is 42.5 Å². The van der Waals surface area contributed by atoms with Crippen LogP contribution in [0.1, 0.15) is 17.5 Å². The Morgan fingerprint density at radius 3 is 2.56 bits per heavy atom. The number of nitrogens with one attached hydrogen (secondary N) is 1. The summed E-state index contributed by atoms with van der Waals surface area (Å²) in [6, 6.07) is 16.7. The van der Waals surface area contributed by atoms with E-state index in [4.69, 9.17) is 5.73 Å². The summed E-state index contributed by atoms with van der Waals surface area (Å²) in [4.78, 5) is 8.66. The van der Waals surface area contributed by atoms with Gasteiger partial charge < -0.3 is 16.2 Å². The van der Waals surface area contributed by atoms with Crippen LogP contribution in [0.15, 0.2) is 60.9 Å². The lowest BCUT2D eigenvalue weighted by Crippen LogP contribution is -2.31. The maximum Gasteiger partial charge on any atom is 0.211 e. The van der Waals surface area contributed by atoms with E-state index in [0.717, 1.165) is 28.8 Å². The number of aromatic nitrogens is 2. The van der Waals surface area contributed by atoms with Crippen LogP contribution in [0.5, 0.6) is 5.75 Å². The van der Waals surface area contributed by atoms with E-state index in [1.165, 1.54) is 16.9 Å². The van der Waals surface area contributed by atoms with Crippen molar-refractivity contribution in [2.75, 3.05) is 31.2 Å². The minimum absolute atomic E-state index is 0.253. The first kappa shape index (κ1) is 23.6. The molecule has 0 fully saturated rings. The average Bonchev–Trinajstić information content (AvgIpc) is 2.78. The zero-order chi connectivity index (χ0) is 23.0. The predicted octanol–water partition coefficient (Wildman–Crippen LogP) is 2.61. The molecule has 0 unspecified atom stereocenters. The van der Waals surface area contributed by atoms with Crippen LogP contribution in [-0.2, 0) is 23.0 Å². The Kier molecular flexibility index (Phi) is 8.15. The average molecular weight is 456 g/mol. The van der Waals surface area contributed by atoms with Gasteiger partial charge in [0.25, 0.3) is 0 Å². The molecule has 2 aromatic carbocycles. The van der Waals surface area contributed by atoms with Gasteiger partial charge in [0, 0.05) is 31.3 Å². The van der Waals surface area contributed by atoms with E-state index in [-0.39, 0.29) is 12.3 Å². The molecule has 0 bridgehead atoms. The number of hydrogen-bond acceptors (Lipinski definition) is 7. The van der Waals surface area contributed by atoms with Gasteiger partial charge in [0.2, 0.25) is 10.0 Å². The molecule has 0 radical (unpaired) electrons. The predicted molar refractivity (Wildman–Crippen MR) is 127 cm³/mol. The summed E-state index contributed by atoms with van der Waals surface area (Å²) in [6.45, 7) is 1.80. The van der Waals surface area contributed by atoms with Crippen molar-refractivity contribution < 1.29 is 13.5 Å². The Labute approximate surface area is 189 Å². The Bertz CT molecular complexity index is 1120. The highest BCUT2D eigenvalue weighted by Crippen LogP contribution is 2.21. The van der Waals surface area contributed by atoms with Gasteiger partial charge in [0.05, 0.1) is 11.9 Å². The molecule has 32 heavy (non-hydrogen) atoms. The van der Waals surface area contributed by atoms with Crippen molar-refractivity contribution in [3.05, 3.63) is 72.1 Å². The normalized spacial score (nSPS) is 11.6. The maximum atomic E-state index is 12.1. The largest absolute Gasteiger partial charge is 0.508 e. The lowest BCUT2D eigenvalue weighted by Gasteiger charge is -2.20. The van der Waals surface area contributed by atoms with Crippen LogP contribution < -0.4 is 11.1 Å². The van der Waals surface area contributed by atoms with Gasteiger partial charge >= 0.3 is 0 Å². The summed E-state index contributed by atoms with van der Waals surface area (Å²) < 4.78 is 25.6. The van der Waals surface area contributed by atoms with Crippen molar-refractivity contribution in [2.45, 2.75) is 19.4 Å². The van der Waals surface area contributed by atoms with E-state index in [0.29, 0.717) is 31.9 Å². The van der Waals surface area contributed by atoms with Gasteiger partial charge in [0.1, 0.15) is 17.9 Å². The van der Waals surface area contributed by atoms with Gasteiger partial charge in [-0.15, -0.1) is 0 Å².